The summed E-state index contributed by atoms with van der Waals surface area (Å²) in [5, 5.41) is 2.50. The maximum Gasteiger partial charge on any atom is 0.408 e. The van der Waals surface area contributed by atoms with Gasteiger partial charge in [0.05, 0.1) is 14.2 Å². The Morgan fingerprint density at radius 3 is 2.10 bits per heavy atom. The minimum atomic E-state index is -0.934. The molecule has 0 saturated heterocycles. The highest BCUT2D eigenvalue weighted by Crippen LogP contribution is 2.19. The fourth-order valence-electron chi connectivity index (χ4n) is 1.62. The molecule has 0 unspecified atom stereocenters. The number of carbonyl (C=O) groups is 2. The standard InChI is InChI=1S/C15H21NO5/c1-15(2,3)21-14(18)16-12(13(17)20-5)10-6-8-11(19-4)9-7-10/h6-9,12H,1-5H3,(H,16,18)/t12-/m0/s1. The normalized spacial score (nSPS) is 12.2. The van der Waals surface area contributed by atoms with E-state index in [0.29, 0.717) is 11.3 Å². The van der Waals surface area contributed by atoms with Crippen molar-refractivity contribution in [3.8, 4) is 5.75 Å². The van der Waals surface area contributed by atoms with Gasteiger partial charge in [0.2, 0.25) is 0 Å². The maximum absolute atomic E-state index is 11.8. The lowest BCUT2D eigenvalue weighted by Gasteiger charge is -2.22. The predicted molar refractivity (Wildman–Crippen MR) is 77.1 cm³/mol. The van der Waals surface area contributed by atoms with Crippen LogP contribution in [0.3, 0.4) is 0 Å². The zero-order valence-electron chi connectivity index (χ0n) is 12.9. The van der Waals surface area contributed by atoms with Crippen LogP contribution in [0.5, 0.6) is 5.75 Å². The summed E-state index contributed by atoms with van der Waals surface area (Å²) in [6.07, 6.45) is -0.686. The number of esters is 1. The van der Waals surface area contributed by atoms with Crippen molar-refractivity contribution >= 4 is 12.1 Å². The first-order chi connectivity index (χ1) is 9.76. The Bertz CT molecular complexity index is 490. The quantitative estimate of drug-likeness (QED) is 0.864. The predicted octanol–water partition coefficient (Wildman–Crippen LogP) is 2.43. The Morgan fingerprint density at radius 2 is 1.67 bits per heavy atom. The van der Waals surface area contributed by atoms with E-state index >= 15 is 0 Å². The lowest BCUT2D eigenvalue weighted by atomic mass is 10.1. The fourth-order valence-corrected chi connectivity index (χ4v) is 1.62. The SMILES string of the molecule is COC(=O)[C@@H](NC(=O)OC(C)(C)C)c1ccc(OC)cc1. The van der Waals surface area contributed by atoms with Crippen molar-refractivity contribution in [1.29, 1.82) is 0 Å². The van der Waals surface area contributed by atoms with Gasteiger partial charge in [-0.05, 0) is 38.5 Å². The number of hydrogen-bond donors (Lipinski definition) is 1. The monoisotopic (exact) mass is 295 g/mol. The van der Waals surface area contributed by atoms with Crippen molar-refractivity contribution in [3.05, 3.63) is 29.8 Å². The van der Waals surface area contributed by atoms with Gasteiger partial charge in [-0.3, -0.25) is 0 Å². The number of benzene rings is 1. The van der Waals surface area contributed by atoms with E-state index < -0.39 is 23.7 Å². The van der Waals surface area contributed by atoms with Crippen LogP contribution in [0.2, 0.25) is 0 Å². The van der Waals surface area contributed by atoms with Crippen molar-refractivity contribution in [2.45, 2.75) is 32.4 Å². The zero-order valence-corrected chi connectivity index (χ0v) is 12.9. The molecule has 1 aromatic rings. The van der Waals surface area contributed by atoms with E-state index in [1.165, 1.54) is 7.11 Å². The highest BCUT2D eigenvalue weighted by atomic mass is 16.6. The minimum absolute atomic E-state index is 0.577. The lowest BCUT2D eigenvalue weighted by molar-refractivity contribution is -0.143. The van der Waals surface area contributed by atoms with Crippen LogP contribution in [0, 0.1) is 0 Å². The molecule has 6 heteroatoms. The van der Waals surface area contributed by atoms with E-state index in [4.69, 9.17) is 14.2 Å². The Balaban J connectivity index is 2.90. The van der Waals surface area contributed by atoms with Gasteiger partial charge in [-0.15, -0.1) is 0 Å². The number of alkyl carbamates (subject to hydrolysis) is 1. The number of ether oxygens (including phenoxy) is 3. The lowest BCUT2D eigenvalue weighted by Crippen LogP contribution is -2.38. The van der Waals surface area contributed by atoms with Crippen molar-refractivity contribution in [2.75, 3.05) is 14.2 Å². The van der Waals surface area contributed by atoms with Gasteiger partial charge in [0.25, 0.3) is 0 Å². The number of rotatable bonds is 4. The Hall–Kier alpha value is -2.24. The van der Waals surface area contributed by atoms with Crippen LogP contribution >= 0.6 is 0 Å². The maximum atomic E-state index is 11.8. The van der Waals surface area contributed by atoms with E-state index in [-0.39, 0.29) is 0 Å². The Morgan fingerprint density at radius 1 is 1.10 bits per heavy atom. The molecule has 0 aliphatic carbocycles. The average molecular weight is 295 g/mol. The minimum Gasteiger partial charge on any atom is -0.497 e. The largest absolute Gasteiger partial charge is 0.497 e. The molecular formula is C15H21NO5. The fraction of sp³-hybridized carbons (Fsp3) is 0.467. The van der Waals surface area contributed by atoms with Crippen molar-refractivity contribution in [3.63, 3.8) is 0 Å². The first kappa shape index (κ1) is 16.8. The summed E-state index contributed by atoms with van der Waals surface area (Å²) in [5.41, 5.74) is -0.0708. The van der Waals surface area contributed by atoms with Crippen LogP contribution in [0.15, 0.2) is 24.3 Å². The van der Waals surface area contributed by atoms with E-state index in [0.717, 1.165) is 0 Å². The number of carbonyl (C=O) groups excluding carboxylic acids is 2. The van der Waals surface area contributed by atoms with Crippen LogP contribution in [0.1, 0.15) is 32.4 Å². The molecule has 0 aliphatic heterocycles. The second-order valence-corrected chi connectivity index (χ2v) is 5.38. The Kier molecular flexibility index (Phi) is 5.58. The molecule has 0 aromatic heterocycles. The number of hydrogen-bond acceptors (Lipinski definition) is 5. The summed E-state index contributed by atoms with van der Waals surface area (Å²) in [7, 11) is 2.81. The van der Waals surface area contributed by atoms with Gasteiger partial charge in [0.15, 0.2) is 6.04 Å². The molecule has 0 heterocycles. The molecule has 1 N–H and O–H groups in total. The average Bonchev–Trinajstić information content (AvgIpc) is 2.42. The zero-order chi connectivity index (χ0) is 16.0. The highest BCUT2D eigenvalue weighted by molar-refractivity contribution is 5.82. The number of amides is 1. The van der Waals surface area contributed by atoms with Gasteiger partial charge in [-0.2, -0.15) is 0 Å². The molecule has 0 radical (unpaired) electrons. The van der Waals surface area contributed by atoms with Gasteiger partial charge in [-0.25, -0.2) is 9.59 Å². The van der Waals surface area contributed by atoms with Gasteiger partial charge < -0.3 is 19.5 Å². The summed E-state index contributed by atoms with van der Waals surface area (Å²) in [6, 6.07) is 5.82. The second kappa shape index (κ2) is 6.97. The molecule has 1 atom stereocenters. The van der Waals surface area contributed by atoms with Gasteiger partial charge in [0, 0.05) is 0 Å². The van der Waals surface area contributed by atoms with E-state index in [2.05, 4.69) is 5.32 Å². The smallest absolute Gasteiger partial charge is 0.408 e. The molecule has 0 spiro atoms. The summed E-state index contributed by atoms with van der Waals surface area (Å²) in [4.78, 5) is 23.7. The molecule has 1 rings (SSSR count). The van der Waals surface area contributed by atoms with Gasteiger partial charge in [0.1, 0.15) is 11.4 Å². The summed E-state index contributed by atoms with van der Waals surface area (Å²) in [6.45, 7) is 5.23. The first-order valence-corrected chi connectivity index (χ1v) is 6.48. The molecule has 21 heavy (non-hydrogen) atoms. The molecule has 6 nitrogen and oxygen atoms in total. The third-order valence-corrected chi connectivity index (χ3v) is 2.55. The number of nitrogens with one attached hydrogen (secondary N) is 1. The van der Waals surface area contributed by atoms with Crippen LogP contribution in [0.4, 0.5) is 4.79 Å². The molecule has 0 fully saturated rings. The molecule has 116 valence electrons. The van der Waals surface area contributed by atoms with Gasteiger partial charge >= 0.3 is 12.1 Å². The summed E-state index contributed by atoms with van der Waals surface area (Å²) < 4.78 is 14.9. The van der Waals surface area contributed by atoms with E-state index in [9.17, 15) is 9.59 Å². The molecule has 0 aliphatic rings. The van der Waals surface area contributed by atoms with Crippen LogP contribution in [-0.4, -0.2) is 31.9 Å². The first-order valence-electron chi connectivity index (χ1n) is 6.48. The topological polar surface area (TPSA) is 73.9 Å². The van der Waals surface area contributed by atoms with Crippen LogP contribution in [0.25, 0.3) is 0 Å². The van der Waals surface area contributed by atoms with Gasteiger partial charge in [-0.1, -0.05) is 12.1 Å². The van der Waals surface area contributed by atoms with E-state index in [1.807, 2.05) is 0 Å². The molecule has 1 amide bonds. The summed E-state index contributed by atoms with van der Waals surface area (Å²) in [5.74, 6) is 0.0747. The van der Waals surface area contributed by atoms with Crippen LogP contribution in [-0.2, 0) is 14.3 Å². The van der Waals surface area contributed by atoms with Crippen LogP contribution < -0.4 is 10.1 Å². The molecule has 0 bridgehead atoms. The molecule has 1 aromatic carbocycles. The highest BCUT2D eigenvalue weighted by Gasteiger charge is 2.26. The van der Waals surface area contributed by atoms with Crippen molar-refractivity contribution in [1.82, 2.24) is 5.32 Å². The molecular weight excluding hydrogens is 274 g/mol. The van der Waals surface area contributed by atoms with Crippen molar-refractivity contribution in [2.24, 2.45) is 0 Å². The summed E-state index contributed by atoms with van der Waals surface area (Å²) >= 11 is 0. The molecule has 0 saturated carbocycles. The second-order valence-electron chi connectivity index (χ2n) is 5.38. The third-order valence-electron chi connectivity index (χ3n) is 2.55. The number of methoxy groups -OCH3 is 2. The Labute approximate surface area is 124 Å². The third kappa shape index (κ3) is 5.33. The van der Waals surface area contributed by atoms with E-state index in [1.54, 1.807) is 52.1 Å². The van der Waals surface area contributed by atoms with Crippen molar-refractivity contribution < 1.29 is 23.8 Å².